The molecule has 0 saturated carbocycles. The molecule has 0 aliphatic carbocycles. The highest BCUT2D eigenvalue weighted by Gasteiger charge is 2.22. The van der Waals surface area contributed by atoms with E-state index in [9.17, 15) is 4.79 Å². The van der Waals surface area contributed by atoms with Gasteiger partial charge in [0.15, 0.2) is 6.61 Å². The number of carbonyl (C=O) groups is 1. The molecule has 4 nitrogen and oxygen atoms in total. The Hall–Kier alpha value is -2.98. The minimum atomic E-state index is -0.274. The lowest BCUT2D eigenvalue weighted by Crippen LogP contribution is -2.21. The summed E-state index contributed by atoms with van der Waals surface area (Å²) < 4.78 is 10.9. The van der Waals surface area contributed by atoms with Gasteiger partial charge < -0.3 is 14.8 Å². The fraction of sp³-hybridized carbons (Fsp3) is 0.240. The molecule has 0 atom stereocenters. The normalized spacial score (nSPS) is 11.1. The summed E-state index contributed by atoms with van der Waals surface area (Å²) in [6.45, 7) is 6.14. The zero-order chi connectivity index (χ0) is 21.7. The van der Waals surface area contributed by atoms with Crippen molar-refractivity contribution in [3.8, 4) is 11.5 Å². The van der Waals surface area contributed by atoms with E-state index >= 15 is 0 Å². The summed E-state index contributed by atoms with van der Waals surface area (Å²) in [5, 5.41) is 3.39. The average Bonchev–Trinajstić information content (AvgIpc) is 2.75. The van der Waals surface area contributed by atoms with E-state index < -0.39 is 0 Å². The van der Waals surface area contributed by atoms with Gasteiger partial charge in [-0.3, -0.25) is 4.79 Å². The SMILES string of the molecule is COc1cc(Cl)c(C)cc1NC(=O)COc1ccc(C(C)(C)c2ccccc2)cc1. The Morgan fingerprint density at radius 3 is 2.27 bits per heavy atom. The maximum Gasteiger partial charge on any atom is 0.262 e. The van der Waals surface area contributed by atoms with Gasteiger partial charge >= 0.3 is 0 Å². The third-order valence-corrected chi connectivity index (χ3v) is 5.60. The third kappa shape index (κ3) is 4.95. The molecular formula is C25H26ClNO3. The zero-order valence-electron chi connectivity index (χ0n) is 17.7. The van der Waals surface area contributed by atoms with E-state index in [4.69, 9.17) is 21.1 Å². The zero-order valence-corrected chi connectivity index (χ0v) is 18.4. The van der Waals surface area contributed by atoms with Crippen molar-refractivity contribution in [3.63, 3.8) is 0 Å². The van der Waals surface area contributed by atoms with Gasteiger partial charge in [-0.2, -0.15) is 0 Å². The van der Waals surface area contributed by atoms with Gasteiger partial charge in [0.1, 0.15) is 11.5 Å². The van der Waals surface area contributed by atoms with Gasteiger partial charge in [-0.1, -0.05) is 67.9 Å². The van der Waals surface area contributed by atoms with Gasteiger partial charge in [-0.05, 0) is 41.8 Å². The Balaban J connectivity index is 1.63. The number of nitrogens with one attached hydrogen (secondary N) is 1. The average molecular weight is 424 g/mol. The number of hydrogen-bond donors (Lipinski definition) is 1. The molecule has 0 aliphatic heterocycles. The van der Waals surface area contributed by atoms with Crippen LogP contribution in [0.4, 0.5) is 5.69 Å². The van der Waals surface area contributed by atoms with E-state index in [1.807, 2.05) is 49.4 Å². The van der Waals surface area contributed by atoms with Crippen LogP contribution in [0.1, 0.15) is 30.5 Å². The van der Waals surface area contributed by atoms with E-state index in [0.717, 1.165) is 5.56 Å². The summed E-state index contributed by atoms with van der Waals surface area (Å²) in [7, 11) is 1.53. The number of ether oxygens (including phenoxy) is 2. The molecule has 3 rings (SSSR count). The monoisotopic (exact) mass is 423 g/mol. The molecule has 0 unspecified atom stereocenters. The smallest absolute Gasteiger partial charge is 0.262 e. The number of carbonyl (C=O) groups excluding carboxylic acids is 1. The summed E-state index contributed by atoms with van der Waals surface area (Å²) in [4.78, 5) is 12.3. The Labute approximate surface area is 182 Å². The van der Waals surface area contributed by atoms with Gasteiger partial charge in [-0.25, -0.2) is 0 Å². The van der Waals surface area contributed by atoms with E-state index in [0.29, 0.717) is 22.2 Å². The molecule has 0 heterocycles. The van der Waals surface area contributed by atoms with Crippen molar-refractivity contribution >= 4 is 23.2 Å². The van der Waals surface area contributed by atoms with E-state index in [-0.39, 0.29) is 17.9 Å². The molecule has 1 amide bonds. The Bertz CT molecular complexity index is 1010. The summed E-state index contributed by atoms with van der Waals surface area (Å²) in [5.41, 5.74) is 3.70. The standard InChI is InChI=1S/C25H26ClNO3/c1-17-14-22(23(29-4)15-21(17)26)27-24(28)16-30-20-12-10-19(11-13-20)25(2,3)18-8-6-5-7-9-18/h5-15H,16H2,1-4H3,(H,27,28). The summed E-state index contributed by atoms with van der Waals surface area (Å²) in [6.07, 6.45) is 0. The number of benzene rings is 3. The van der Waals surface area contributed by atoms with E-state index in [1.165, 1.54) is 18.2 Å². The van der Waals surface area contributed by atoms with E-state index in [1.54, 1.807) is 12.1 Å². The Kier molecular flexibility index (Phi) is 6.68. The molecule has 5 heteroatoms. The molecule has 0 saturated heterocycles. The Morgan fingerprint density at radius 2 is 1.63 bits per heavy atom. The number of amides is 1. The van der Waals surface area contributed by atoms with Gasteiger partial charge in [0.2, 0.25) is 0 Å². The molecule has 1 N–H and O–H groups in total. The molecule has 0 aliphatic rings. The second-order valence-corrected chi connectivity index (χ2v) is 8.06. The summed E-state index contributed by atoms with van der Waals surface area (Å²) in [6, 6.07) is 21.7. The van der Waals surface area contributed by atoms with Crippen molar-refractivity contribution in [2.75, 3.05) is 19.0 Å². The largest absolute Gasteiger partial charge is 0.495 e. The number of methoxy groups -OCH3 is 1. The van der Waals surface area contributed by atoms with Gasteiger partial charge in [0, 0.05) is 16.5 Å². The fourth-order valence-electron chi connectivity index (χ4n) is 3.25. The van der Waals surface area contributed by atoms with Crippen LogP contribution in [0.15, 0.2) is 66.7 Å². The van der Waals surface area contributed by atoms with Crippen molar-refractivity contribution in [1.29, 1.82) is 0 Å². The van der Waals surface area contributed by atoms with Crippen LogP contribution in [-0.4, -0.2) is 19.6 Å². The van der Waals surface area contributed by atoms with Crippen molar-refractivity contribution < 1.29 is 14.3 Å². The highest BCUT2D eigenvalue weighted by molar-refractivity contribution is 6.31. The lowest BCUT2D eigenvalue weighted by Gasteiger charge is -2.26. The number of anilines is 1. The van der Waals surface area contributed by atoms with Crippen LogP contribution in [0.2, 0.25) is 5.02 Å². The van der Waals surface area contributed by atoms with Gasteiger partial charge in [0.25, 0.3) is 5.91 Å². The molecule has 0 aromatic heterocycles. The molecule has 3 aromatic carbocycles. The summed E-state index contributed by atoms with van der Waals surface area (Å²) >= 11 is 6.11. The molecular weight excluding hydrogens is 398 g/mol. The minimum absolute atomic E-state index is 0.105. The molecule has 0 radical (unpaired) electrons. The van der Waals surface area contributed by atoms with Crippen molar-refractivity contribution in [3.05, 3.63) is 88.4 Å². The third-order valence-electron chi connectivity index (χ3n) is 5.20. The molecule has 0 spiro atoms. The lowest BCUT2D eigenvalue weighted by atomic mass is 9.78. The molecule has 30 heavy (non-hydrogen) atoms. The predicted molar refractivity (Wildman–Crippen MR) is 122 cm³/mol. The van der Waals surface area contributed by atoms with Crippen LogP contribution >= 0.6 is 11.6 Å². The van der Waals surface area contributed by atoms with Crippen LogP contribution in [0, 0.1) is 6.92 Å². The lowest BCUT2D eigenvalue weighted by molar-refractivity contribution is -0.118. The minimum Gasteiger partial charge on any atom is -0.495 e. The van der Waals surface area contributed by atoms with Gasteiger partial charge in [-0.15, -0.1) is 0 Å². The highest BCUT2D eigenvalue weighted by Crippen LogP contribution is 2.33. The first kappa shape index (κ1) is 21.7. The van der Waals surface area contributed by atoms with Crippen LogP contribution in [-0.2, 0) is 10.2 Å². The van der Waals surface area contributed by atoms with Crippen molar-refractivity contribution in [2.24, 2.45) is 0 Å². The fourth-order valence-corrected chi connectivity index (χ4v) is 3.41. The van der Waals surface area contributed by atoms with Crippen LogP contribution in [0.3, 0.4) is 0 Å². The second kappa shape index (κ2) is 9.23. The highest BCUT2D eigenvalue weighted by atomic mass is 35.5. The molecule has 156 valence electrons. The van der Waals surface area contributed by atoms with Crippen LogP contribution in [0.5, 0.6) is 11.5 Å². The number of aryl methyl sites for hydroxylation is 1. The van der Waals surface area contributed by atoms with Crippen molar-refractivity contribution in [1.82, 2.24) is 0 Å². The second-order valence-electron chi connectivity index (χ2n) is 7.65. The summed E-state index contributed by atoms with van der Waals surface area (Å²) in [5.74, 6) is 0.868. The Morgan fingerprint density at radius 1 is 1.00 bits per heavy atom. The van der Waals surface area contributed by atoms with E-state index in [2.05, 4.69) is 31.3 Å². The predicted octanol–water partition coefficient (Wildman–Crippen LogP) is 6.00. The molecule has 3 aromatic rings. The number of halogens is 1. The van der Waals surface area contributed by atoms with Crippen LogP contribution in [0.25, 0.3) is 0 Å². The molecule has 0 fully saturated rings. The maximum atomic E-state index is 12.3. The maximum absolute atomic E-state index is 12.3. The number of rotatable bonds is 7. The van der Waals surface area contributed by atoms with Crippen LogP contribution < -0.4 is 14.8 Å². The first-order valence-corrected chi connectivity index (χ1v) is 10.1. The molecule has 0 bridgehead atoms. The topological polar surface area (TPSA) is 47.6 Å². The first-order valence-electron chi connectivity index (χ1n) is 9.74. The van der Waals surface area contributed by atoms with Gasteiger partial charge in [0.05, 0.1) is 12.8 Å². The number of hydrogen-bond acceptors (Lipinski definition) is 3. The first-order chi connectivity index (χ1) is 14.3. The quantitative estimate of drug-likeness (QED) is 0.507. The van der Waals surface area contributed by atoms with Crippen molar-refractivity contribution in [2.45, 2.75) is 26.2 Å².